The molecule has 0 amide bonds. The average Bonchev–Trinajstić information content (AvgIpc) is 2.67. The lowest BCUT2D eigenvalue weighted by atomic mass is 9.82. The summed E-state index contributed by atoms with van der Waals surface area (Å²) in [7, 11) is 2.28. The lowest BCUT2D eigenvalue weighted by Gasteiger charge is -2.35. The lowest BCUT2D eigenvalue weighted by molar-refractivity contribution is 0.171. The van der Waals surface area contributed by atoms with Gasteiger partial charge in [-0.05, 0) is 43.4 Å². The molecule has 0 radical (unpaired) electrons. The van der Waals surface area contributed by atoms with Gasteiger partial charge in [0.05, 0.1) is 0 Å². The van der Waals surface area contributed by atoms with Crippen LogP contribution in [0.2, 0.25) is 0 Å². The molecule has 0 saturated heterocycles. The van der Waals surface area contributed by atoms with E-state index >= 15 is 0 Å². The third kappa shape index (κ3) is 4.33. The van der Waals surface area contributed by atoms with E-state index in [9.17, 15) is 0 Å². The summed E-state index contributed by atoms with van der Waals surface area (Å²) in [6, 6.07) is 8.76. The van der Waals surface area contributed by atoms with E-state index in [0.717, 1.165) is 11.9 Å². The van der Waals surface area contributed by atoms with Crippen LogP contribution in [0.5, 0.6) is 0 Å². The van der Waals surface area contributed by atoms with E-state index in [1.807, 2.05) is 0 Å². The fraction of sp³-hybridized carbons (Fsp3) is 0.667. The van der Waals surface area contributed by atoms with E-state index < -0.39 is 0 Å². The number of benzene rings is 1. The van der Waals surface area contributed by atoms with Gasteiger partial charge in [-0.25, -0.2) is 0 Å². The second-order valence-electron chi connectivity index (χ2n) is 6.65. The van der Waals surface area contributed by atoms with Gasteiger partial charge in [0.25, 0.3) is 0 Å². The second kappa shape index (κ2) is 7.61. The van der Waals surface area contributed by atoms with E-state index in [4.69, 9.17) is 0 Å². The van der Waals surface area contributed by atoms with Crippen molar-refractivity contribution in [2.75, 3.05) is 18.9 Å². The zero-order valence-corrected chi connectivity index (χ0v) is 14.6. The van der Waals surface area contributed by atoms with Crippen LogP contribution in [0.3, 0.4) is 0 Å². The summed E-state index contributed by atoms with van der Waals surface area (Å²) < 4.78 is 0. The maximum atomic E-state index is 3.80. The molecule has 1 aliphatic rings. The standard InChI is InChI=1S/C18H28BrN/c1-16-9-5-6-10-17(16)13-20(2)15-18(14-19)11-7-3-4-8-12-18/h5-6,9-10H,3-4,7-8,11-15H2,1-2H3. The SMILES string of the molecule is Cc1ccccc1CN(C)CC1(CBr)CCCCCC1. The highest BCUT2D eigenvalue weighted by molar-refractivity contribution is 9.09. The summed E-state index contributed by atoms with van der Waals surface area (Å²) in [4.78, 5) is 2.52. The molecule has 1 saturated carbocycles. The largest absolute Gasteiger partial charge is 0.302 e. The molecule has 0 aromatic heterocycles. The van der Waals surface area contributed by atoms with Crippen LogP contribution in [0, 0.1) is 12.3 Å². The molecule has 1 aliphatic carbocycles. The number of hydrogen-bond acceptors (Lipinski definition) is 1. The van der Waals surface area contributed by atoms with E-state index in [1.54, 1.807) is 0 Å². The van der Waals surface area contributed by atoms with E-state index in [1.165, 1.54) is 56.2 Å². The predicted octanol–water partition coefficient (Wildman–Crippen LogP) is 5.16. The van der Waals surface area contributed by atoms with Crippen molar-refractivity contribution in [2.45, 2.75) is 52.0 Å². The van der Waals surface area contributed by atoms with Crippen molar-refractivity contribution in [3.8, 4) is 0 Å². The summed E-state index contributed by atoms with van der Waals surface area (Å²) in [6.45, 7) is 4.50. The van der Waals surface area contributed by atoms with Crippen LogP contribution in [-0.4, -0.2) is 23.8 Å². The Morgan fingerprint density at radius 1 is 1.10 bits per heavy atom. The maximum Gasteiger partial charge on any atom is 0.0233 e. The Kier molecular flexibility index (Phi) is 6.10. The molecule has 2 rings (SSSR count). The van der Waals surface area contributed by atoms with Crippen molar-refractivity contribution in [3.05, 3.63) is 35.4 Å². The van der Waals surface area contributed by atoms with Crippen LogP contribution in [-0.2, 0) is 6.54 Å². The summed E-state index contributed by atoms with van der Waals surface area (Å²) in [5, 5.41) is 1.15. The Hall–Kier alpha value is -0.340. The van der Waals surface area contributed by atoms with Crippen LogP contribution < -0.4 is 0 Å². The van der Waals surface area contributed by atoms with Crippen molar-refractivity contribution in [1.29, 1.82) is 0 Å². The van der Waals surface area contributed by atoms with Crippen molar-refractivity contribution < 1.29 is 0 Å². The molecule has 0 unspecified atom stereocenters. The first-order chi connectivity index (χ1) is 9.65. The van der Waals surface area contributed by atoms with Crippen molar-refractivity contribution >= 4 is 15.9 Å². The first-order valence-electron chi connectivity index (χ1n) is 7.94. The van der Waals surface area contributed by atoms with Crippen molar-refractivity contribution in [1.82, 2.24) is 4.90 Å². The molecule has 0 aliphatic heterocycles. The molecule has 2 heteroatoms. The quantitative estimate of drug-likeness (QED) is 0.529. The van der Waals surface area contributed by atoms with Gasteiger partial charge < -0.3 is 4.90 Å². The molecule has 0 spiro atoms. The molecule has 0 N–H and O–H groups in total. The number of halogens is 1. The normalized spacial score (nSPS) is 19.0. The van der Waals surface area contributed by atoms with Crippen LogP contribution >= 0.6 is 15.9 Å². The van der Waals surface area contributed by atoms with Crippen molar-refractivity contribution in [2.24, 2.45) is 5.41 Å². The Morgan fingerprint density at radius 2 is 1.75 bits per heavy atom. The third-order valence-electron chi connectivity index (χ3n) is 4.75. The van der Waals surface area contributed by atoms with Crippen molar-refractivity contribution in [3.63, 3.8) is 0 Å². The van der Waals surface area contributed by atoms with Crippen LogP contribution in [0.4, 0.5) is 0 Å². The molecular formula is C18H28BrN. The first-order valence-corrected chi connectivity index (χ1v) is 9.06. The summed E-state index contributed by atoms with van der Waals surface area (Å²) in [6.07, 6.45) is 8.44. The minimum atomic E-state index is 0.494. The highest BCUT2D eigenvalue weighted by Gasteiger charge is 2.31. The monoisotopic (exact) mass is 337 g/mol. The number of hydrogen-bond donors (Lipinski definition) is 0. The molecule has 1 aromatic carbocycles. The summed E-state index contributed by atoms with van der Waals surface area (Å²) in [5.74, 6) is 0. The minimum absolute atomic E-state index is 0.494. The van der Waals surface area contributed by atoms with Gasteiger partial charge >= 0.3 is 0 Å². The van der Waals surface area contributed by atoms with Gasteiger partial charge in [0.1, 0.15) is 0 Å². The summed E-state index contributed by atoms with van der Waals surface area (Å²) >= 11 is 3.80. The van der Waals surface area contributed by atoms with Gasteiger partial charge in [-0.3, -0.25) is 0 Å². The Balaban J connectivity index is 1.98. The van der Waals surface area contributed by atoms with Gasteiger partial charge in [-0.1, -0.05) is 65.9 Å². The Morgan fingerprint density at radius 3 is 2.35 bits per heavy atom. The fourth-order valence-electron chi connectivity index (χ4n) is 3.52. The van der Waals surface area contributed by atoms with E-state index in [2.05, 4.69) is 59.1 Å². The number of rotatable bonds is 5. The van der Waals surface area contributed by atoms with Crippen LogP contribution in [0.1, 0.15) is 49.7 Å². The Labute approximate surface area is 132 Å². The molecule has 0 heterocycles. The van der Waals surface area contributed by atoms with Gasteiger partial charge in [0, 0.05) is 18.4 Å². The van der Waals surface area contributed by atoms with Crippen LogP contribution in [0.25, 0.3) is 0 Å². The number of aryl methyl sites for hydroxylation is 1. The second-order valence-corrected chi connectivity index (χ2v) is 7.21. The van der Waals surface area contributed by atoms with Gasteiger partial charge in [-0.15, -0.1) is 0 Å². The minimum Gasteiger partial charge on any atom is -0.302 e. The average molecular weight is 338 g/mol. The maximum absolute atomic E-state index is 3.80. The number of alkyl halides is 1. The molecule has 20 heavy (non-hydrogen) atoms. The lowest BCUT2D eigenvalue weighted by Crippen LogP contribution is -2.36. The molecule has 0 atom stereocenters. The first kappa shape index (κ1) is 16.0. The highest BCUT2D eigenvalue weighted by Crippen LogP contribution is 2.37. The Bertz CT molecular complexity index is 408. The molecular weight excluding hydrogens is 310 g/mol. The zero-order valence-electron chi connectivity index (χ0n) is 13.0. The molecule has 1 fully saturated rings. The van der Waals surface area contributed by atoms with Gasteiger partial charge in [0.2, 0.25) is 0 Å². The third-order valence-corrected chi connectivity index (χ3v) is 5.94. The van der Waals surface area contributed by atoms with E-state index in [0.29, 0.717) is 5.41 Å². The van der Waals surface area contributed by atoms with Gasteiger partial charge in [0.15, 0.2) is 0 Å². The molecule has 1 aromatic rings. The predicted molar refractivity (Wildman–Crippen MR) is 91.4 cm³/mol. The smallest absolute Gasteiger partial charge is 0.0233 e. The number of nitrogens with zero attached hydrogens (tertiary/aromatic N) is 1. The fourth-order valence-corrected chi connectivity index (χ4v) is 4.26. The zero-order chi connectivity index (χ0) is 14.4. The molecule has 0 bridgehead atoms. The summed E-state index contributed by atoms with van der Waals surface area (Å²) in [5.41, 5.74) is 3.37. The molecule has 112 valence electrons. The molecule has 1 nitrogen and oxygen atoms in total. The van der Waals surface area contributed by atoms with Gasteiger partial charge in [-0.2, -0.15) is 0 Å². The van der Waals surface area contributed by atoms with Crippen LogP contribution in [0.15, 0.2) is 24.3 Å². The van der Waals surface area contributed by atoms with E-state index in [-0.39, 0.29) is 0 Å². The highest BCUT2D eigenvalue weighted by atomic mass is 79.9. The topological polar surface area (TPSA) is 3.24 Å².